The molecule has 23 heavy (non-hydrogen) atoms. The maximum Gasteiger partial charge on any atom is 0.303 e. The second kappa shape index (κ2) is 12.2. The lowest BCUT2D eigenvalue weighted by Crippen LogP contribution is -2.03. The highest BCUT2D eigenvalue weighted by Gasteiger charge is 2.23. The Morgan fingerprint density at radius 3 is 2.57 bits per heavy atom. The summed E-state index contributed by atoms with van der Waals surface area (Å²) in [7, 11) is 0. The van der Waals surface area contributed by atoms with E-state index in [0.29, 0.717) is 0 Å². The van der Waals surface area contributed by atoms with Crippen molar-refractivity contribution in [3.63, 3.8) is 0 Å². The van der Waals surface area contributed by atoms with Gasteiger partial charge in [-0.15, -0.1) is 0 Å². The monoisotopic (exact) mass is 318 g/mol. The molecule has 1 aliphatic rings. The summed E-state index contributed by atoms with van der Waals surface area (Å²) in [5.41, 5.74) is 1.42. The number of carboxylic acids is 1. The quantitative estimate of drug-likeness (QED) is 0.359. The van der Waals surface area contributed by atoms with Gasteiger partial charge in [0.15, 0.2) is 0 Å². The van der Waals surface area contributed by atoms with Crippen molar-refractivity contribution >= 4 is 5.97 Å². The normalized spacial score (nSPS) is 21.3. The molecular weight excluding hydrogens is 284 g/mol. The third-order valence-electron chi connectivity index (χ3n) is 4.60. The molecule has 1 N–H and O–H groups in total. The Bertz CT molecular complexity index is 414. The van der Waals surface area contributed by atoms with Crippen LogP contribution in [0.1, 0.15) is 78.1 Å². The highest BCUT2D eigenvalue weighted by atomic mass is 16.4. The summed E-state index contributed by atoms with van der Waals surface area (Å²) in [6.45, 7) is 4.32. The van der Waals surface area contributed by atoms with E-state index in [1.165, 1.54) is 44.1 Å². The first kappa shape index (κ1) is 19.7. The number of unbranched alkanes of at least 4 members (excludes halogenated alkanes) is 3. The van der Waals surface area contributed by atoms with Crippen LogP contribution in [0.15, 0.2) is 36.0 Å². The van der Waals surface area contributed by atoms with Crippen molar-refractivity contribution in [3.8, 4) is 0 Å². The van der Waals surface area contributed by atoms with Gasteiger partial charge in [-0.2, -0.15) is 0 Å². The topological polar surface area (TPSA) is 37.3 Å². The van der Waals surface area contributed by atoms with E-state index in [0.717, 1.165) is 31.1 Å². The van der Waals surface area contributed by atoms with E-state index in [4.69, 9.17) is 5.11 Å². The van der Waals surface area contributed by atoms with E-state index in [9.17, 15) is 4.79 Å². The molecule has 0 aromatic carbocycles. The van der Waals surface area contributed by atoms with Crippen LogP contribution in [0.25, 0.3) is 0 Å². The van der Waals surface area contributed by atoms with Gasteiger partial charge in [0.2, 0.25) is 0 Å². The molecule has 1 rings (SSSR count). The molecule has 130 valence electrons. The van der Waals surface area contributed by atoms with Gasteiger partial charge in [0.05, 0.1) is 0 Å². The molecule has 0 unspecified atom stereocenters. The zero-order chi connectivity index (χ0) is 16.9. The number of rotatable bonds is 11. The van der Waals surface area contributed by atoms with Crippen molar-refractivity contribution in [2.45, 2.75) is 78.1 Å². The number of hydrogen-bond donors (Lipinski definition) is 1. The van der Waals surface area contributed by atoms with Gasteiger partial charge in [0.1, 0.15) is 0 Å². The average molecular weight is 319 g/mol. The summed E-state index contributed by atoms with van der Waals surface area (Å²) < 4.78 is 0. The summed E-state index contributed by atoms with van der Waals surface area (Å²) in [6, 6.07) is 0. The third kappa shape index (κ3) is 10.1. The lowest BCUT2D eigenvalue weighted by molar-refractivity contribution is -0.137. The van der Waals surface area contributed by atoms with Crippen molar-refractivity contribution in [2.24, 2.45) is 11.8 Å². The van der Waals surface area contributed by atoms with Crippen LogP contribution in [-0.2, 0) is 4.79 Å². The maximum atomic E-state index is 10.4. The minimum absolute atomic E-state index is 0.284. The Hall–Kier alpha value is -1.31. The van der Waals surface area contributed by atoms with Gasteiger partial charge in [-0.25, -0.2) is 0 Å². The molecule has 0 heterocycles. The van der Waals surface area contributed by atoms with Gasteiger partial charge in [0, 0.05) is 6.42 Å². The Kier molecular flexibility index (Phi) is 10.4. The van der Waals surface area contributed by atoms with E-state index >= 15 is 0 Å². The number of hydrogen-bond acceptors (Lipinski definition) is 1. The molecule has 1 aliphatic carbocycles. The zero-order valence-corrected chi connectivity index (χ0v) is 15.0. The number of carboxylic acid groups (broad SMARTS) is 1. The van der Waals surface area contributed by atoms with Crippen LogP contribution >= 0.6 is 0 Å². The molecular formula is C21H34O2. The molecule has 1 saturated carbocycles. The van der Waals surface area contributed by atoms with Gasteiger partial charge in [0.25, 0.3) is 0 Å². The Morgan fingerprint density at radius 1 is 1.04 bits per heavy atom. The SMILES string of the molecule is CC(C)=CCCCC=C[C@H]1CCC[C@@H]1CC=CCCCC(=O)O. The lowest BCUT2D eigenvalue weighted by atomic mass is 9.92. The lowest BCUT2D eigenvalue weighted by Gasteiger charge is -2.13. The van der Waals surface area contributed by atoms with Gasteiger partial charge in [-0.1, -0.05) is 42.4 Å². The van der Waals surface area contributed by atoms with Gasteiger partial charge in [-0.3, -0.25) is 4.79 Å². The molecule has 0 aromatic heterocycles. The smallest absolute Gasteiger partial charge is 0.303 e. The highest BCUT2D eigenvalue weighted by Crippen LogP contribution is 2.35. The molecule has 1 fully saturated rings. The Labute approximate surface area is 142 Å². The second-order valence-electron chi connectivity index (χ2n) is 6.99. The third-order valence-corrected chi connectivity index (χ3v) is 4.60. The van der Waals surface area contributed by atoms with E-state index in [2.05, 4.69) is 44.2 Å². The summed E-state index contributed by atoms with van der Waals surface area (Å²) in [5.74, 6) is 0.853. The average Bonchev–Trinajstić information content (AvgIpc) is 2.93. The molecule has 2 atom stereocenters. The van der Waals surface area contributed by atoms with Crippen molar-refractivity contribution in [1.29, 1.82) is 0 Å². The summed E-state index contributed by atoms with van der Waals surface area (Å²) >= 11 is 0. The molecule has 0 aliphatic heterocycles. The standard InChI is InChI=1S/C21H34O2/c1-18(2)12-7-3-4-8-13-19-15-11-16-20(19)14-9-5-6-10-17-21(22)23/h5,8-9,12-13,19-20H,3-4,6-7,10-11,14-17H2,1-2H3,(H,22,23)/t19-,20-/m0/s1. The predicted molar refractivity (Wildman–Crippen MR) is 98.5 cm³/mol. The van der Waals surface area contributed by atoms with E-state index in [1.807, 2.05) is 0 Å². The van der Waals surface area contributed by atoms with E-state index < -0.39 is 5.97 Å². The molecule has 0 radical (unpaired) electrons. The minimum Gasteiger partial charge on any atom is -0.481 e. The summed E-state index contributed by atoms with van der Waals surface area (Å²) in [5, 5.41) is 8.61. The fourth-order valence-electron chi connectivity index (χ4n) is 3.27. The molecule has 0 saturated heterocycles. The van der Waals surface area contributed by atoms with Crippen LogP contribution in [0.5, 0.6) is 0 Å². The fourth-order valence-corrected chi connectivity index (χ4v) is 3.27. The Morgan fingerprint density at radius 2 is 1.83 bits per heavy atom. The van der Waals surface area contributed by atoms with Gasteiger partial charge >= 0.3 is 5.97 Å². The number of allylic oxidation sites excluding steroid dienone is 6. The van der Waals surface area contributed by atoms with Crippen LogP contribution in [-0.4, -0.2) is 11.1 Å². The highest BCUT2D eigenvalue weighted by molar-refractivity contribution is 5.66. The molecule has 2 nitrogen and oxygen atoms in total. The first-order chi connectivity index (χ1) is 11.1. The van der Waals surface area contributed by atoms with Gasteiger partial charge in [-0.05, 0) is 77.0 Å². The first-order valence-electron chi connectivity index (χ1n) is 9.26. The molecule has 0 bridgehead atoms. The van der Waals surface area contributed by atoms with E-state index in [1.54, 1.807) is 0 Å². The first-order valence-corrected chi connectivity index (χ1v) is 9.26. The summed E-state index contributed by atoms with van der Waals surface area (Å²) in [4.78, 5) is 10.4. The minimum atomic E-state index is -0.691. The van der Waals surface area contributed by atoms with Gasteiger partial charge < -0.3 is 5.11 Å². The largest absolute Gasteiger partial charge is 0.481 e. The zero-order valence-electron chi connectivity index (χ0n) is 15.0. The molecule has 2 heteroatoms. The predicted octanol–water partition coefficient (Wildman–Crippen LogP) is 6.30. The molecule has 0 aromatic rings. The second-order valence-corrected chi connectivity index (χ2v) is 6.99. The van der Waals surface area contributed by atoms with Crippen molar-refractivity contribution < 1.29 is 9.90 Å². The number of aliphatic carboxylic acids is 1. The van der Waals surface area contributed by atoms with Crippen molar-refractivity contribution in [1.82, 2.24) is 0 Å². The van der Waals surface area contributed by atoms with Crippen LogP contribution < -0.4 is 0 Å². The fraction of sp³-hybridized carbons (Fsp3) is 0.667. The van der Waals surface area contributed by atoms with Crippen molar-refractivity contribution in [2.75, 3.05) is 0 Å². The van der Waals surface area contributed by atoms with E-state index in [-0.39, 0.29) is 6.42 Å². The van der Waals surface area contributed by atoms with Crippen LogP contribution in [0.3, 0.4) is 0 Å². The van der Waals surface area contributed by atoms with Crippen LogP contribution in [0.2, 0.25) is 0 Å². The molecule has 0 amide bonds. The number of carbonyl (C=O) groups is 1. The molecule has 0 spiro atoms. The van der Waals surface area contributed by atoms with Crippen LogP contribution in [0.4, 0.5) is 0 Å². The van der Waals surface area contributed by atoms with Crippen LogP contribution in [0, 0.1) is 11.8 Å². The summed E-state index contributed by atoms with van der Waals surface area (Å²) in [6.07, 6.45) is 22.4. The Balaban J connectivity index is 2.19. The maximum absolute atomic E-state index is 10.4. The van der Waals surface area contributed by atoms with Crippen molar-refractivity contribution in [3.05, 3.63) is 36.0 Å².